The smallest absolute Gasteiger partial charge is 0.406 e. The van der Waals surface area contributed by atoms with E-state index in [0.29, 0.717) is 30.9 Å². The second-order valence-corrected chi connectivity index (χ2v) is 7.95. The predicted molar refractivity (Wildman–Crippen MR) is 106 cm³/mol. The van der Waals surface area contributed by atoms with Gasteiger partial charge in [0, 0.05) is 19.0 Å². The van der Waals surface area contributed by atoms with Gasteiger partial charge in [-0.1, -0.05) is 45.2 Å². The molecule has 0 spiro atoms. The van der Waals surface area contributed by atoms with E-state index in [1.807, 2.05) is 7.05 Å². The molecule has 0 saturated heterocycles. The minimum absolute atomic E-state index is 0.231. The third-order valence-electron chi connectivity index (χ3n) is 5.03. The summed E-state index contributed by atoms with van der Waals surface area (Å²) >= 11 is 0. The van der Waals surface area contributed by atoms with Crippen molar-refractivity contribution in [3.63, 3.8) is 0 Å². The summed E-state index contributed by atoms with van der Waals surface area (Å²) in [6.45, 7) is 5.71. The average Bonchev–Trinajstić information content (AvgIpc) is 2.60. The van der Waals surface area contributed by atoms with Gasteiger partial charge in [-0.15, -0.1) is 13.2 Å². The number of rotatable bonds is 7. The maximum absolute atomic E-state index is 12.6. The molecule has 0 bridgehead atoms. The molecule has 2 rings (SSSR count). The lowest BCUT2D eigenvalue weighted by molar-refractivity contribution is -0.274. The van der Waals surface area contributed by atoms with Crippen LogP contribution < -0.4 is 10.5 Å². The van der Waals surface area contributed by atoms with Crippen LogP contribution in [0.15, 0.2) is 24.3 Å². The van der Waals surface area contributed by atoms with Gasteiger partial charge in [0.05, 0.1) is 5.60 Å². The molecule has 1 fully saturated rings. The Morgan fingerprint density at radius 3 is 2.29 bits per heavy atom. The Balaban J connectivity index is 0.00000190. The quantitative estimate of drug-likeness (QED) is 0.701. The van der Waals surface area contributed by atoms with Crippen molar-refractivity contribution in [2.45, 2.75) is 63.8 Å². The third-order valence-corrected chi connectivity index (χ3v) is 5.03. The Morgan fingerprint density at radius 1 is 1.14 bits per heavy atom. The van der Waals surface area contributed by atoms with Gasteiger partial charge in [0.1, 0.15) is 5.75 Å². The molecule has 4 nitrogen and oxygen atoms in total. The largest absolute Gasteiger partial charge is 0.573 e. The molecule has 3 N–H and O–H groups in total. The van der Waals surface area contributed by atoms with Crippen molar-refractivity contribution < 1.29 is 23.0 Å². The fourth-order valence-electron chi connectivity index (χ4n) is 4.04. The van der Waals surface area contributed by atoms with Gasteiger partial charge in [0.25, 0.3) is 0 Å². The van der Waals surface area contributed by atoms with E-state index in [1.165, 1.54) is 19.2 Å². The van der Waals surface area contributed by atoms with Gasteiger partial charge < -0.3 is 20.5 Å². The Kier molecular flexibility index (Phi) is 9.74. The standard InChI is InChI=1S/C20H30F3NO2.CH5N/c1-15(2)13-24(3)14-18(19(25)10-5-4-6-11-19)16-8-7-9-17(12-16)26-20(21,22)23;1-2/h7-9,12,15,18,25H,4-6,10-11,13-14H2,1-3H3;2H2,1H3. The van der Waals surface area contributed by atoms with E-state index < -0.39 is 12.0 Å². The van der Waals surface area contributed by atoms with Crippen molar-refractivity contribution in [2.75, 3.05) is 27.2 Å². The van der Waals surface area contributed by atoms with Gasteiger partial charge in [-0.25, -0.2) is 0 Å². The van der Waals surface area contributed by atoms with Crippen molar-refractivity contribution in [1.82, 2.24) is 4.90 Å². The van der Waals surface area contributed by atoms with Crippen LogP contribution in [0.1, 0.15) is 57.4 Å². The first-order chi connectivity index (χ1) is 13.1. The minimum Gasteiger partial charge on any atom is -0.406 e. The number of alkyl halides is 3. The second kappa shape index (κ2) is 11.0. The normalized spacial score (nSPS) is 17.8. The van der Waals surface area contributed by atoms with Crippen molar-refractivity contribution in [3.05, 3.63) is 29.8 Å². The molecule has 28 heavy (non-hydrogen) atoms. The third kappa shape index (κ3) is 7.97. The molecule has 0 heterocycles. The molecule has 0 aromatic heterocycles. The van der Waals surface area contributed by atoms with Crippen LogP contribution in [0, 0.1) is 5.92 Å². The van der Waals surface area contributed by atoms with Crippen LogP contribution in [0.3, 0.4) is 0 Å². The van der Waals surface area contributed by atoms with Gasteiger partial charge in [-0.2, -0.15) is 0 Å². The first-order valence-corrected chi connectivity index (χ1v) is 9.93. The lowest BCUT2D eigenvalue weighted by Crippen LogP contribution is -2.44. The fraction of sp³-hybridized carbons (Fsp3) is 0.714. The number of ether oxygens (including phenoxy) is 1. The van der Waals surface area contributed by atoms with E-state index in [2.05, 4.69) is 29.2 Å². The topological polar surface area (TPSA) is 58.7 Å². The van der Waals surface area contributed by atoms with Crippen LogP contribution in [-0.2, 0) is 0 Å². The van der Waals surface area contributed by atoms with Crippen LogP contribution in [0.2, 0.25) is 0 Å². The van der Waals surface area contributed by atoms with Gasteiger partial charge in [-0.05, 0) is 50.6 Å². The zero-order chi connectivity index (χ0) is 21.4. The summed E-state index contributed by atoms with van der Waals surface area (Å²) in [6.07, 6.45) is -0.382. The van der Waals surface area contributed by atoms with Crippen LogP contribution in [0.4, 0.5) is 13.2 Å². The maximum atomic E-state index is 12.6. The van der Waals surface area contributed by atoms with Crippen LogP contribution in [-0.4, -0.2) is 49.2 Å². The molecule has 1 aliphatic rings. The van der Waals surface area contributed by atoms with Crippen molar-refractivity contribution in [2.24, 2.45) is 11.7 Å². The van der Waals surface area contributed by atoms with Gasteiger partial charge >= 0.3 is 6.36 Å². The van der Waals surface area contributed by atoms with Gasteiger partial charge in [0.15, 0.2) is 0 Å². The lowest BCUT2D eigenvalue weighted by atomic mass is 9.72. The Morgan fingerprint density at radius 2 is 1.75 bits per heavy atom. The first-order valence-electron chi connectivity index (χ1n) is 9.93. The summed E-state index contributed by atoms with van der Waals surface area (Å²) in [5.41, 5.74) is 4.31. The molecule has 0 aliphatic heterocycles. The van der Waals surface area contributed by atoms with Crippen molar-refractivity contribution in [1.29, 1.82) is 0 Å². The van der Waals surface area contributed by atoms with E-state index in [-0.39, 0.29) is 11.7 Å². The zero-order valence-corrected chi connectivity index (χ0v) is 17.4. The van der Waals surface area contributed by atoms with E-state index in [9.17, 15) is 18.3 Å². The van der Waals surface area contributed by atoms with Gasteiger partial charge in [0.2, 0.25) is 0 Å². The van der Waals surface area contributed by atoms with Crippen molar-refractivity contribution >= 4 is 0 Å². The average molecular weight is 405 g/mol. The molecule has 1 unspecified atom stereocenters. The Bertz CT molecular complexity index is 573. The fourth-order valence-corrected chi connectivity index (χ4v) is 4.04. The van der Waals surface area contributed by atoms with E-state index in [1.54, 1.807) is 12.1 Å². The highest BCUT2D eigenvalue weighted by molar-refractivity contribution is 5.33. The molecule has 1 aromatic carbocycles. The summed E-state index contributed by atoms with van der Waals surface area (Å²) in [7, 11) is 3.50. The molecular weight excluding hydrogens is 369 g/mol. The lowest BCUT2D eigenvalue weighted by Gasteiger charge is -2.41. The molecule has 0 radical (unpaired) electrons. The second-order valence-electron chi connectivity index (χ2n) is 7.95. The Hall–Kier alpha value is -1.31. The number of nitrogens with zero attached hydrogens (tertiary/aromatic N) is 1. The van der Waals surface area contributed by atoms with E-state index >= 15 is 0 Å². The van der Waals surface area contributed by atoms with E-state index in [4.69, 9.17) is 0 Å². The molecule has 162 valence electrons. The van der Waals surface area contributed by atoms with Crippen LogP contribution in [0.5, 0.6) is 5.75 Å². The summed E-state index contributed by atoms with van der Waals surface area (Å²) in [4.78, 5) is 2.15. The number of hydrogen-bond donors (Lipinski definition) is 2. The number of likely N-dealkylation sites (N-methyl/N-ethyl adjacent to an activating group) is 1. The highest BCUT2D eigenvalue weighted by Gasteiger charge is 2.39. The number of aliphatic hydroxyl groups is 1. The molecule has 1 atom stereocenters. The molecule has 7 heteroatoms. The SMILES string of the molecule is CC(C)CN(C)CC(c1cccc(OC(F)(F)F)c1)C1(O)CCCCC1.CN. The summed E-state index contributed by atoms with van der Waals surface area (Å²) in [6, 6.07) is 6.09. The highest BCUT2D eigenvalue weighted by atomic mass is 19.4. The molecular formula is C21H35F3N2O2. The molecule has 1 saturated carbocycles. The highest BCUT2D eigenvalue weighted by Crippen LogP contribution is 2.41. The molecule has 1 aromatic rings. The summed E-state index contributed by atoms with van der Waals surface area (Å²) in [5.74, 6) is -0.00389. The summed E-state index contributed by atoms with van der Waals surface area (Å²) < 4.78 is 41.8. The number of nitrogens with two attached hydrogens (primary N) is 1. The molecule has 1 aliphatic carbocycles. The number of halogens is 3. The number of benzene rings is 1. The monoisotopic (exact) mass is 404 g/mol. The van der Waals surface area contributed by atoms with Gasteiger partial charge in [-0.3, -0.25) is 0 Å². The molecule has 0 amide bonds. The van der Waals surface area contributed by atoms with E-state index in [0.717, 1.165) is 25.8 Å². The maximum Gasteiger partial charge on any atom is 0.573 e. The zero-order valence-electron chi connectivity index (χ0n) is 17.4. The van der Waals surface area contributed by atoms with Crippen LogP contribution >= 0.6 is 0 Å². The summed E-state index contributed by atoms with van der Waals surface area (Å²) in [5, 5.41) is 11.3. The minimum atomic E-state index is -4.72. The first kappa shape index (κ1) is 24.7. The van der Waals surface area contributed by atoms with Crippen molar-refractivity contribution in [3.8, 4) is 5.75 Å². The van der Waals surface area contributed by atoms with Crippen LogP contribution in [0.25, 0.3) is 0 Å². The predicted octanol–water partition coefficient (Wildman–Crippen LogP) is 4.53. The Labute approximate surface area is 166 Å². The number of hydrogen-bond acceptors (Lipinski definition) is 4.